The van der Waals surface area contributed by atoms with Gasteiger partial charge in [0.15, 0.2) is 8.77 Å². The van der Waals surface area contributed by atoms with Gasteiger partial charge >= 0.3 is 0 Å². The van der Waals surface area contributed by atoms with Gasteiger partial charge in [-0.2, -0.15) is 4.37 Å². The molecule has 3 nitrogen and oxygen atoms in total. The molecule has 2 heterocycles. The first-order chi connectivity index (χ1) is 7.33. The third-order valence-corrected chi connectivity index (χ3v) is 3.39. The van der Waals surface area contributed by atoms with Gasteiger partial charge in [0.05, 0.1) is 0 Å². The zero-order chi connectivity index (χ0) is 10.3. The summed E-state index contributed by atoms with van der Waals surface area (Å²) in [5, 5.41) is 1.08. The van der Waals surface area contributed by atoms with E-state index >= 15 is 0 Å². The Kier molecular flexibility index (Phi) is 2.21. The molecule has 15 heavy (non-hydrogen) atoms. The Bertz CT molecular complexity index is 583. The largest absolute Gasteiger partial charge is 0.453 e. The van der Waals surface area contributed by atoms with Crippen LogP contribution in [0.15, 0.2) is 34.7 Å². The van der Waals surface area contributed by atoms with Crippen molar-refractivity contribution in [1.82, 2.24) is 9.36 Å². The highest BCUT2D eigenvalue weighted by Crippen LogP contribution is 2.26. The standard InChI is InChI=1S/C10H5IN2OS/c11-10-12-9(13-15-10)8-5-6-3-1-2-4-7(6)14-8/h1-5H. The van der Waals surface area contributed by atoms with Crippen LogP contribution in [-0.2, 0) is 0 Å². The second-order valence-corrected chi connectivity index (χ2v) is 5.53. The molecule has 3 rings (SSSR count). The minimum absolute atomic E-state index is 0.667. The van der Waals surface area contributed by atoms with Crippen molar-refractivity contribution in [3.63, 3.8) is 0 Å². The third kappa shape index (κ3) is 1.65. The Hall–Kier alpha value is -0.950. The smallest absolute Gasteiger partial charge is 0.209 e. The number of furan rings is 1. The van der Waals surface area contributed by atoms with E-state index in [2.05, 4.69) is 31.9 Å². The topological polar surface area (TPSA) is 38.9 Å². The van der Waals surface area contributed by atoms with Crippen molar-refractivity contribution in [2.45, 2.75) is 0 Å². The Morgan fingerprint density at radius 2 is 2.13 bits per heavy atom. The normalized spacial score (nSPS) is 11.0. The number of aromatic nitrogens is 2. The summed E-state index contributed by atoms with van der Waals surface area (Å²) in [5.74, 6) is 1.40. The van der Waals surface area contributed by atoms with Gasteiger partial charge in [-0.1, -0.05) is 18.2 Å². The lowest BCUT2D eigenvalue weighted by Gasteiger charge is -1.84. The molecule has 0 saturated heterocycles. The van der Waals surface area contributed by atoms with Gasteiger partial charge in [0.1, 0.15) is 5.58 Å². The fourth-order valence-electron chi connectivity index (χ4n) is 1.40. The van der Waals surface area contributed by atoms with Gasteiger partial charge in [0.25, 0.3) is 0 Å². The third-order valence-electron chi connectivity index (χ3n) is 2.05. The average molecular weight is 328 g/mol. The molecule has 1 aromatic carbocycles. The number of halogens is 1. The first-order valence-corrected chi connectivity index (χ1v) is 6.16. The van der Waals surface area contributed by atoms with Crippen LogP contribution in [0.25, 0.3) is 22.6 Å². The van der Waals surface area contributed by atoms with Crippen molar-refractivity contribution in [2.24, 2.45) is 0 Å². The highest BCUT2D eigenvalue weighted by Gasteiger charge is 2.10. The number of nitrogens with zero attached hydrogens (tertiary/aromatic N) is 2. The van der Waals surface area contributed by atoms with E-state index in [-0.39, 0.29) is 0 Å². The van der Waals surface area contributed by atoms with E-state index in [0.717, 1.165) is 19.7 Å². The molecule has 0 saturated carbocycles. The minimum atomic E-state index is 0.667. The number of rotatable bonds is 1. The number of fused-ring (bicyclic) bond motifs is 1. The minimum Gasteiger partial charge on any atom is -0.453 e. The average Bonchev–Trinajstić information content (AvgIpc) is 2.82. The van der Waals surface area contributed by atoms with Crippen LogP contribution in [0.3, 0.4) is 0 Å². The molecule has 0 atom stereocenters. The molecule has 5 heteroatoms. The Morgan fingerprint density at radius 3 is 2.87 bits per heavy atom. The maximum absolute atomic E-state index is 5.65. The summed E-state index contributed by atoms with van der Waals surface area (Å²) < 4.78 is 10.8. The molecule has 0 spiro atoms. The summed E-state index contributed by atoms with van der Waals surface area (Å²) in [6, 6.07) is 9.86. The first kappa shape index (κ1) is 9.29. The Labute approximate surface area is 103 Å². The monoisotopic (exact) mass is 328 g/mol. The van der Waals surface area contributed by atoms with Crippen molar-refractivity contribution in [2.75, 3.05) is 0 Å². The van der Waals surface area contributed by atoms with Crippen LogP contribution in [-0.4, -0.2) is 9.36 Å². The summed E-state index contributed by atoms with van der Waals surface area (Å²) in [4.78, 5) is 4.28. The van der Waals surface area contributed by atoms with Crippen molar-refractivity contribution in [3.8, 4) is 11.6 Å². The van der Waals surface area contributed by atoms with Gasteiger partial charge < -0.3 is 4.42 Å². The fraction of sp³-hybridized carbons (Fsp3) is 0. The van der Waals surface area contributed by atoms with Gasteiger partial charge in [-0.3, -0.25) is 0 Å². The van der Waals surface area contributed by atoms with Crippen LogP contribution in [0.1, 0.15) is 0 Å². The van der Waals surface area contributed by atoms with Crippen molar-refractivity contribution in [1.29, 1.82) is 0 Å². The van der Waals surface area contributed by atoms with Gasteiger partial charge in [-0.15, -0.1) is 0 Å². The van der Waals surface area contributed by atoms with Crippen LogP contribution < -0.4 is 0 Å². The second kappa shape index (κ2) is 3.57. The van der Waals surface area contributed by atoms with E-state index < -0.39 is 0 Å². The van der Waals surface area contributed by atoms with Gasteiger partial charge in [0, 0.05) is 5.39 Å². The molecule has 0 aliphatic heterocycles. The molecule has 74 valence electrons. The zero-order valence-electron chi connectivity index (χ0n) is 7.48. The second-order valence-electron chi connectivity index (χ2n) is 3.02. The highest BCUT2D eigenvalue weighted by atomic mass is 127. The van der Waals surface area contributed by atoms with E-state index in [1.807, 2.05) is 30.3 Å². The van der Waals surface area contributed by atoms with E-state index in [4.69, 9.17) is 4.42 Å². The zero-order valence-corrected chi connectivity index (χ0v) is 10.4. The molecule has 0 aliphatic carbocycles. The van der Waals surface area contributed by atoms with Gasteiger partial charge in [-0.05, 0) is 46.3 Å². The predicted octanol–water partition coefficient (Wildman–Crippen LogP) is 3.56. The maximum Gasteiger partial charge on any atom is 0.209 e. The first-order valence-electron chi connectivity index (χ1n) is 4.31. The van der Waals surface area contributed by atoms with Crippen LogP contribution >= 0.6 is 34.1 Å². The molecule has 2 aromatic heterocycles. The van der Waals surface area contributed by atoms with Crippen LogP contribution in [0, 0.1) is 3.01 Å². The molecular weight excluding hydrogens is 323 g/mol. The SMILES string of the molecule is Ic1nc(-c2cc3ccccc3o2)ns1. The number of hydrogen-bond donors (Lipinski definition) is 0. The predicted molar refractivity (Wildman–Crippen MR) is 67.8 cm³/mol. The summed E-state index contributed by atoms with van der Waals surface area (Å²) in [7, 11) is 0. The molecule has 0 amide bonds. The van der Waals surface area contributed by atoms with Crippen molar-refractivity contribution >= 4 is 45.1 Å². The lowest BCUT2D eigenvalue weighted by molar-refractivity contribution is 0.626. The van der Waals surface area contributed by atoms with Crippen molar-refractivity contribution in [3.05, 3.63) is 33.3 Å². The number of benzene rings is 1. The van der Waals surface area contributed by atoms with E-state index in [0.29, 0.717) is 5.82 Å². The fourth-order valence-corrected chi connectivity index (χ4v) is 2.34. The van der Waals surface area contributed by atoms with Crippen LogP contribution in [0.2, 0.25) is 0 Å². The van der Waals surface area contributed by atoms with Crippen LogP contribution in [0.4, 0.5) is 0 Å². The van der Waals surface area contributed by atoms with Gasteiger partial charge in [0.2, 0.25) is 5.82 Å². The molecule has 3 aromatic rings. The molecule has 0 N–H and O–H groups in total. The lowest BCUT2D eigenvalue weighted by atomic mass is 10.2. The quantitative estimate of drug-likeness (QED) is 0.641. The molecule has 0 bridgehead atoms. The molecule has 0 fully saturated rings. The van der Waals surface area contributed by atoms with Gasteiger partial charge in [-0.25, -0.2) is 4.98 Å². The van der Waals surface area contributed by atoms with E-state index in [9.17, 15) is 0 Å². The number of hydrogen-bond acceptors (Lipinski definition) is 4. The van der Waals surface area contributed by atoms with E-state index in [1.54, 1.807) is 0 Å². The Balaban J connectivity index is 2.19. The molecule has 0 aliphatic rings. The highest BCUT2D eigenvalue weighted by molar-refractivity contribution is 14.1. The molecule has 0 unspecified atom stereocenters. The van der Waals surface area contributed by atoms with Crippen molar-refractivity contribution < 1.29 is 4.42 Å². The lowest BCUT2D eigenvalue weighted by Crippen LogP contribution is -1.74. The number of para-hydroxylation sites is 1. The van der Waals surface area contributed by atoms with Crippen LogP contribution in [0.5, 0.6) is 0 Å². The summed E-state index contributed by atoms with van der Waals surface area (Å²) >= 11 is 3.52. The summed E-state index contributed by atoms with van der Waals surface area (Å²) in [6.07, 6.45) is 0. The Morgan fingerprint density at radius 1 is 1.27 bits per heavy atom. The maximum atomic E-state index is 5.65. The molecule has 0 radical (unpaired) electrons. The molecular formula is C10H5IN2OS. The summed E-state index contributed by atoms with van der Waals surface area (Å²) in [5.41, 5.74) is 0.873. The van der Waals surface area contributed by atoms with E-state index in [1.165, 1.54) is 11.5 Å². The summed E-state index contributed by atoms with van der Waals surface area (Å²) in [6.45, 7) is 0.